The second-order valence-corrected chi connectivity index (χ2v) is 15.0. The van der Waals surface area contributed by atoms with Crippen LogP contribution in [0.1, 0.15) is 78.2 Å². The minimum absolute atomic E-state index is 0. The third-order valence-corrected chi connectivity index (χ3v) is 10.1. The normalized spacial score (nSPS) is 12.7. The van der Waals surface area contributed by atoms with E-state index in [2.05, 4.69) is 150 Å². The summed E-state index contributed by atoms with van der Waals surface area (Å²) in [5.74, 6) is 0.991. The fraction of sp³-hybridized carbons (Fsp3) is 0.359. The van der Waals surface area contributed by atoms with Crippen molar-refractivity contribution in [3.63, 3.8) is 0 Å². The molecule has 0 saturated heterocycles. The van der Waals surface area contributed by atoms with Crippen LogP contribution in [-0.4, -0.2) is 51.6 Å². The van der Waals surface area contributed by atoms with Gasteiger partial charge in [-0.1, -0.05) is 5.69 Å². The van der Waals surface area contributed by atoms with Crippen LogP contribution in [-0.2, 0) is 56.4 Å². The van der Waals surface area contributed by atoms with Gasteiger partial charge in [-0.05, 0) is 80.2 Å². The number of hydrogen-bond donors (Lipinski definition) is 0. The van der Waals surface area contributed by atoms with E-state index in [9.17, 15) is 0 Å². The molecule has 51 heavy (non-hydrogen) atoms. The van der Waals surface area contributed by atoms with E-state index >= 15 is 0 Å². The van der Waals surface area contributed by atoms with E-state index < -0.39 is 0 Å². The quantitative estimate of drug-likeness (QED) is 0.164. The van der Waals surface area contributed by atoms with E-state index in [1.165, 1.54) is 0 Å². The average molecular weight is 861 g/mol. The van der Waals surface area contributed by atoms with Crippen molar-refractivity contribution >= 4 is 11.3 Å². The van der Waals surface area contributed by atoms with Gasteiger partial charge in [0, 0.05) is 56.6 Å². The Hall–Kier alpha value is -4.80. The molecule has 0 bridgehead atoms. The molecule has 0 aliphatic rings. The van der Waals surface area contributed by atoms with Crippen LogP contribution < -0.4 is 0 Å². The monoisotopic (exact) mass is 861 g/mol. The number of nitrogens with zero attached hydrogens (tertiary/aromatic N) is 11. The Balaban J connectivity index is 0.000000172. The third kappa shape index (κ3) is 5.74. The minimum Gasteiger partial charge on any atom is -0.462 e. The molecule has 11 nitrogen and oxygen atoms in total. The number of hydrogen-bond acceptors (Lipinski definition) is 3. The number of fused-ring (bicyclic) bond motifs is 2. The Morgan fingerprint density at radius 1 is 0.549 bits per heavy atom. The van der Waals surface area contributed by atoms with Crippen molar-refractivity contribution in [2.75, 3.05) is 0 Å². The molecule has 0 aliphatic heterocycles. The summed E-state index contributed by atoms with van der Waals surface area (Å²) in [6.45, 7) is 17.4. The van der Waals surface area contributed by atoms with Gasteiger partial charge in [0.15, 0.2) is 0 Å². The molecule has 0 atom stereocenters. The third-order valence-electron chi connectivity index (χ3n) is 10.1. The maximum absolute atomic E-state index is 5.13. The van der Waals surface area contributed by atoms with Crippen LogP contribution in [0.3, 0.4) is 0 Å². The Bertz CT molecular complexity index is 2170. The summed E-state index contributed by atoms with van der Waals surface area (Å²) in [7, 11) is 4.13. The number of aryl methyl sites for hydroxylation is 2. The van der Waals surface area contributed by atoms with Crippen LogP contribution in [0.2, 0.25) is 0 Å². The fourth-order valence-corrected chi connectivity index (χ4v) is 6.98. The van der Waals surface area contributed by atoms with E-state index in [1.807, 2.05) is 82.9 Å². The van der Waals surface area contributed by atoms with Crippen molar-refractivity contribution in [1.82, 2.24) is 51.6 Å². The van der Waals surface area contributed by atoms with E-state index in [1.54, 1.807) is 0 Å². The Morgan fingerprint density at radius 3 is 1.61 bits per heavy atom. The molecule has 8 rings (SSSR count). The second-order valence-electron chi connectivity index (χ2n) is 15.0. The maximum atomic E-state index is 5.13. The summed E-state index contributed by atoms with van der Waals surface area (Å²) >= 11 is 0. The van der Waals surface area contributed by atoms with Crippen molar-refractivity contribution in [1.29, 1.82) is 0 Å². The molecule has 0 saturated carbocycles. The first kappa shape index (κ1) is 36.0. The Kier molecular flexibility index (Phi) is 9.01. The van der Waals surface area contributed by atoms with Gasteiger partial charge in [-0.25, -0.2) is 11.1 Å². The molecule has 8 heterocycles. The first-order valence-corrected chi connectivity index (χ1v) is 16.9. The van der Waals surface area contributed by atoms with Gasteiger partial charge in [0.2, 0.25) is 0 Å². The van der Waals surface area contributed by atoms with Crippen LogP contribution >= 0.6 is 0 Å². The van der Waals surface area contributed by atoms with Crippen molar-refractivity contribution in [2.45, 2.75) is 77.5 Å². The van der Waals surface area contributed by atoms with Crippen LogP contribution in [0.4, 0.5) is 0 Å². The van der Waals surface area contributed by atoms with Gasteiger partial charge in [-0.15, -0.1) is 24.8 Å². The number of imidazole rings is 3. The van der Waals surface area contributed by atoms with E-state index in [4.69, 9.17) is 4.98 Å². The van der Waals surface area contributed by atoms with E-state index in [0.29, 0.717) is 0 Å². The molecule has 0 spiro atoms. The molecule has 0 N–H and O–H groups in total. The first-order valence-electron chi connectivity index (χ1n) is 16.9. The molecular formula is C39H46IrN11. The zero-order chi connectivity index (χ0) is 35.6. The van der Waals surface area contributed by atoms with Gasteiger partial charge < -0.3 is 22.7 Å². The van der Waals surface area contributed by atoms with Crippen LogP contribution in [0.25, 0.3) is 11.3 Å². The molecule has 0 amide bonds. The minimum atomic E-state index is -0.327. The van der Waals surface area contributed by atoms with Gasteiger partial charge in [-0.2, -0.15) is 40.0 Å². The first-order chi connectivity index (χ1) is 23.7. The zero-order valence-corrected chi connectivity index (χ0v) is 33.4. The maximum Gasteiger partial charge on any atom is 3.00 e. The molecule has 0 aliphatic carbocycles. The predicted octanol–water partition coefficient (Wildman–Crippen LogP) is 6.48. The molecule has 8 aromatic heterocycles. The molecule has 0 aromatic carbocycles. The van der Waals surface area contributed by atoms with Crippen LogP contribution in [0.5, 0.6) is 0 Å². The van der Waals surface area contributed by atoms with Gasteiger partial charge in [0.1, 0.15) is 17.2 Å². The van der Waals surface area contributed by atoms with E-state index in [0.717, 1.165) is 34.1 Å². The zero-order valence-electron chi connectivity index (χ0n) is 31.0. The summed E-state index contributed by atoms with van der Waals surface area (Å²) < 4.78 is 16.8. The molecule has 0 unspecified atom stereocenters. The summed E-state index contributed by atoms with van der Waals surface area (Å²) in [5.41, 5.74) is 4.16. The molecule has 12 heteroatoms. The second kappa shape index (κ2) is 12.8. The Morgan fingerprint density at radius 2 is 1.08 bits per heavy atom. The predicted molar refractivity (Wildman–Crippen MR) is 194 cm³/mol. The Labute approximate surface area is 313 Å². The van der Waals surface area contributed by atoms with Gasteiger partial charge in [-0.3, -0.25) is 13.8 Å². The van der Waals surface area contributed by atoms with Crippen molar-refractivity contribution < 1.29 is 20.1 Å². The van der Waals surface area contributed by atoms with Crippen molar-refractivity contribution in [2.24, 2.45) is 14.1 Å². The van der Waals surface area contributed by atoms with Crippen LogP contribution in [0, 0.1) is 18.5 Å². The molecule has 266 valence electrons. The van der Waals surface area contributed by atoms with Gasteiger partial charge in [0.05, 0.1) is 22.2 Å². The topological polar surface area (TPSA) is 77.1 Å². The SMILES string of the molecule is Cn1ccn2c(C(C)(C)n3[c-]ccc3)nc(C(C)(C)n3[c-]ccc3)c12.Cn1ccn2c(C(C)(C)n3cccn3)[c-]c(C(C)(C)n3cccn3)c12.[Ir+3]. The summed E-state index contributed by atoms with van der Waals surface area (Å²) in [5, 5.41) is 8.93. The molecular weight excluding hydrogens is 815 g/mol. The summed E-state index contributed by atoms with van der Waals surface area (Å²) in [6, 6.07) is 15.4. The summed E-state index contributed by atoms with van der Waals surface area (Å²) in [6.07, 6.45) is 26.6. The van der Waals surface area contributed by atoms with Crippen LogP contribution in [0.15, 0.2) is 98.4 Å². The smallest absolute Gasteiger partial charge is 0.462 e. The standard InChI is InChI=1S/C20H23N5.C19H23N6.Ir/c1-19(2,23-10-6-7-11-23)16-17-22(5)14-15-25(17)18(21-16)20(3,4)24-12-8-9-13-24;1-18(2,24-10-6-8-20-24)15-14-16(23-13-12-22(5)17(15)23)19(3,4)25-11-7-9-21-25;/h6-10,12,14-15H,1-5H3;6-13H,1-5H3;/q-2;-1;+3. The largest absolute Gasteiger partial charge is 3.00 e. The number of aromatic nitrogens is 11. The van der Waals surface area contributed by atoms with Crippen molar-refractivity contribution in [3.05, 3.63) is 140 Å². The number of rotatable bonds is 8. The van der Waals surface area contributed by atoms with E-state index in [-0.39, 0.29) is 42.3 Å². The molecule has 0 fully saturated rings. The molecule has 0 radical (unpaired) electrons. The van der Waals surface area contributed by atoms with Gasteiger partial charge in [0.25, 0.3) is 0 Å². The fourth-order valence-electron chi connectivity index (χ4n) is 6.98. The van der Waals surface area contributed by atoms with Crippen molar-refractivity contribution in [3.8, 4) is 0 Å². The average Bonchev–Trinajstić information content (AvgIpc) is 3.93. The molecule has 8 aromatic rings. The summed E-state index contributed by atoms with van der Waals surface area (Å²) in [4.78, 5) is 5.13. The van der Waals surface area contributed by atoms with Gasteiger partial charge >= 0.3 is 20.1 Å².